The normalized spacial score (nSPS) is 21.8. The summed E-state index contributed by atoms with van der Waals surface area (Å²) in [6, 6.07) is 0. The van der Waals surface area contributed by atoms with E-state index < -0.39 is 5.41 Å². The van der Waals surface area contributed by atoms with Crippen molar-refractivity contribution in [3.8, 4) is 0 Å². The zero-order chi connectivity index (χ0) is 9.03. The number of hydrogen-bond donors (Lipinski definition) is 2. The van der Waals surface area contributed by atoms with Crippen LogP contribution in [0.4, 0.5) is 0 Å². The minimum atomic E-state index is -0.590. The van der Waals surface area contributed by atoms with Crippen molar-refractivity contribution in [1.82, 2.24) is 5.32 Å². The Balaban J connectivity index is 2.66. The van der Waals surface area contributed by atoms with Crippen molar-refractivity contribution in [3.05, 3.63) is 0 Å². The first-order valence-corrected chi connectivity index (χ1v) is 4.16. The van der Waals surface area contributed by atoms with E-state index in [1.807, 2.05) is 0 Å². The van der Waals surface area contributed by atoms with E-state index in [4.69, 9.17) is 9.84 Å². The summed E-state index contributed by atoms with van der Waals surface area (Å²) in [5, 5.41) is 11.7. The third-order valence-electron chi connectivity index (χ3n) is 2.46. The SMILES string of the molecule is CNC(=O)C1(CO)CCOCC1. The van der Waals surface area contributed by atoms with Gasteiger partial charge in [-0.3, -0.25) is 4.79 Å². The molecule has 0 spiro atoms. The van der Waals surface area contributed by atoms with Gasteiger partial charge in [-0.05, 0) is 12.8 Å². The fraction of sp³-hybridized carbons (Fsp3) is 0.875. The molecule has 1 saturated heterocycles. The maximum atomic E-state index is 11.4. The molecule has 2 N–H and O–H groups in total. The largest absolute Gasteiger partial charge is 0.395 e. The van der Waals surface area contributed by atoms with Gasteiger partial charge in [0.2, 0.25) is 5.91 Å². The zero-order valence-corrected chi connectivity index (χ0v) is 7.30. The van der Waals surface area contributed by atoms with Crippen molar-refractivity contribution >= 4 is 5.91 Å². The summed E-state index contributed by atoms with van der Waals surface area (Å²) in [7, 11) is 1.59. The number of aliphatic hydroxyl groups excluding tert-OH is 1. The summed E-state index contributed by atoms with van der Waals surface area (Å²) in [6.45, 7) is 1.04. The highest BCUT2D eigenvalue weighted by molar-refractivity contribution is 5.82. The maximum absolute atomic E-state index is 11.4. The van der Waals surface area contributed by atoms with Gasteiger partial charge < -0.3 is 15.2 Å². The Morgan fingerprint density at radius 3 is 2.58 bits per heavy atom. The maximum Gasteiger partial charge on any atom is 0.228 e. The molecule has 70 valence electrons. The third kappa shape index (κ3) is 1.59. The second-order valence-electron chi connectivity index (χ2n) is 3.13. The van der Waals surface area contributed by atoms with E-state index in [9.17, 15) is 4.79 Å². The molecule has 0 saturated carbocycles. The van der Waals surface area contributed by atoms with E-state index in [0.717, 1.165) is 0 Å². The number of aliphatic hydroxyl groups is 1. The Bertz CT molecular complexity index is 164. The lowest BCUT2D eigenvalue weighted by Crippen LogP contribution is -2.45. The van der Waals surface area contributed by atoms with Gasteiger partial charge >= 0.3 is 0 Å². The van der Waals surface area contributed by atoms with Gasteiger partial charge in [0.05, 0.1) is 12.0 Å². The molecule has 0 aromatic heterocycles. The second kappa shape index (κ2) is 3.87. The molecule has 1 aliphatic rings. The van der Waals surface area contributed by atoms with Gasteiger partial charge in [0.15, 0.2) is 0 Å². The Morgan fingerprint density at radius 1 is 1.58 bits per heavy atom. The molecule has 1 amide bonds. The average Bonchev–Trinajstić information content (AvgIpc) is 2.17. The quantitative estimate of drug-likeness (QED) is 0.593. The highest BCUT2D eigenvalue weighted by Crippen LogP contribution is 2.29. The van der Waals surface area contributed by atoms with Crippen molar-refractivity contribution in [2.75, 3.05) is 26.9 Å². The number of ether oxygens (including phenoxy) is 1. The van der Waals surface area contributed by atoms with E-state index in [0.29, 0.717) is 26.1 Å². The van der Waals surface area contributed by atoms with E-state index in [2.05, 4.69) is 5.32 Å². The van der Waals surface area contributed by atoms with Crippen LogP contribution in [0, 0.1) is 5.41 Å². The highest BCUT2D eigenvalue weighted by Gasteiger charge is 2.38. The molecule has 0 aliphatic carbocycles. The van der Waals surface area contributed by atoms with Crippen LogP contribution in [0.3, 0.4) is 0 Å². The Labute approximate surface area is 71.9 Å². The van der Waals surface area contributed by atoms with Crippen LogP contribution in [0.1, 0.15) is 12.8 Å². The fourth-order valence-corrected chi connectivity index (χ4v) is 1.48. The van der Waals surface area contributed by atoms with E-state index in [1.54, 1.807) is 7.05 Å². The zero-order valence-electron chi connectivity index (χ0n) is 7.30. The van der Waals surface area contributed by atoms with E-state index >= 15 is 0 Å². The summed E-state index contributed by atoms with van der Waals surface area (Å²) in [4.78, 5) is 11.4. The number of hydrogen-bond acceptors (Lipinski definition) is 3. The minimum Gasteiger partial charge on any atom is -0.395 e. The molecule has 0 aromatic rings. The summed E-state index contributed by atoms with van der Waals surface area (Å²) in [5.74, 6) is -0.0756. The van der Waals surface area contributed by atoms with Gasteiger partial charge in [0.1, 0.15) is 0 Å². The van der Waals surface area contributed by atoms with E-state index in [1.165, 1.54) is 0 Å². The molecule has 0 atom stereocenters. The summed E-state index contributed by atoms with van der Waals surface area (Å²) in [6.07, 6.45) is 1.23. The molecule has 0 bridgehead atoms. The number of nitrogens with one attached hydrogen (secondary N) is 1. The Hall–Kier alpha value is -0.610. The van der Waals surface area contributed by atoms with Crippen LogP contribution in [0.2, 0.25) is 0 Å². The van der Waals surface area contributed by atoms with Crippen LogP contribution in [-0.2, 0) is 9.53 Å². The van der Waals surface area contributed by atoms with Gasteiger partial charge in [0.25, 0.3) is 0 Å². The monoisotopic (exact) mass is 173 g/mol. The van der Waals surface area contributed by atoms with E-state index in [-0.39, 0.29) is 12.5 Å². The second-order valence-corrected chi connectivity index (χ2v) is 3.13. The van der Waals surface area contributed by atoms with Crippen molar-refractivity contribution in [2.24, 2.45) is 5.41 Å². The van der Waals surface area contributed by atoms with Gasteiger partial charge in [0, 0.05) is 20.3 Å². The molecular weight excluding hydrogens is 158 g/mol. The highest BCUT2D eigenvalue weighted by atomic mass is 16.5. The standard InChI is InChI=1S/C8H15NO3/c1-9-7(11)8(6-10)2-4-12-5-3-8/h10H,2-6H2,1H3,(H,9,11). The first-order valence-electron chi connectivity index (χ1n) is 4.16. The van der Waals surface area contributed by atoms with Crippen LogP contribution in [0.5, 0.6) is 0 Å². The molecule has 1 aliphatic heterocycles. The van der Waals surface area contributed by atoms with Crippen LogP contribution in [0.25, 0.3) is 0 Å². The topological polar surface area (TPSA) is 58.6 Å². The van der Waals surface area contributed by atoms with Crippen molar-refractivity contribution in [2.45, 2.75) is 12.8 Å². The first-order chi connectivity index (χ1) is 5.75. The average molecular weight is 173 g/mol. The molecule has 0 unspecified atom stereocenters. The van der Waals surface area contributed by atoms with Crippen molar-refractivity contribution < 1.29 is 14.6 Å². The molecule has 12 heavy (non-hydrogen) atoms. The molecule has 1 fully saturated rings. The molecular formula is C8H15NO3. The van der Waals surface area contributed by atoms with Crippen molar-refractivity contribution in [1.29, 1.82) is 0 Å². The molecule has 0 aromatic carbocycles. The van der Waals surface area contributed by atoms with Crippen molar-refractivity contribution in [3.63, 3.8) is 0 Å². The summed E-state index contributed by atoms with van der Waals surface area (Å²) < 4.78 is 5.13. The predicted molar refractivity (Wildman–Crippen MR) is 43.6 cm³/mol. The lowest BCUT2D eigenvalue weighted by atomic mass is 9.80. The Morgan fingerprint density at radius 2 is 2.17 bits per heavy atom. The molecule has 4 heteroatoms. The third-order valence-corrected chi connectivity index (χ3v) is 2.46. The molecule has 4 nitrogen and oxygen atoms in total. The number of carbonyl (C=O) groups is 1. The van der Waals surface area contributed by atoms with Crippen LogP contribution in [0.15, 0.2) is 0 Å². The first kappa shape index (κ1) is 9.48. The number of carbonyl (C=O) groups excluding carboxylic acids is 1. The lowest BCUT2D eigenvalue weighted by molar-refractivity contribution is -0.139. The van der Waals surface area contributed by atoms with Gasteiger partial charge in [-0.15, -0.1) is 0 Å². The van der Waals surface area contributed by atoms with Crippen LogP contribution in [-0.4, -0.2) is 37.9 Å². The Kier molecular flexibility index (Phi) is 3.05. The fourth-order valence-electron chi connectivity index (χ4n) is 1.48. The lowest BCUT2D eigenvalue weighted by Gasteiger charge is -2.33. The van der Waals surface area contributed by atoms with Crippen LogP contribution < -0.4 is 5.32 Å². The van der Waals surface area contributed by atoms with Gasteiger partial charge in [-0.2, -0.15) is 0 Å². The molecule has 1 heterocycles. The van der Waals surface area contributed by atoms with Gasteiger partial charge in [-0.1, -0.05) is 0 Å². The minimum absolute atomic E-state index is 0.0756. The smallest absolute Gasteiger partial charge is 0.228 e. The summed E-state index contributed by atoms with van der Waals surface area (Å²) in [5.41, 5.74) is -0.590. The molecule has 1 rings (SSSR count). The summed E-state index contributed by atoms with van der Waals surface area (Å²) >= 11 is 0. The molecule has 0 radical (unpaired) electrons. The number of amides is 1. The van der Waals surface area contributed by atoms with Crippen LogP contribution >= 0.6 is 0 Å². The number of rotatable bonds is 2. The predicted octanol–water partition coefficient (Wildman–Crippen LogP) is -0.479. The van der Waals surface area contributed by atoms with Gasteiger partial charge in [-0.25, -0.2) is 0 Å².